The third-order valence-corrected chi connectivity index (χ3v) is 3.60. The summed E-state index contributed by atoms with van der Waals surface area (Å²) in [6.45, 7) is 12.3. The predicted octanol–water partition coefficient (Wildman–Crippen LogP) is 4.32. The van der Waals surface area contributed by atoms with Gasteiger partial charge in [0, 0.05) is 10.8 Å². The van der Waals surface area contributed by atoms with Gasteiger partial charge in [0.05, 0.1) is 18.1 Å². The van der Waals surface area contributed by atoms with E-state index < -0.39 is 0 Å². The van der Waals surface area contributed by atoms with Gasteiger partial charge in [-0.25, -0.2) is 9.97 Å². The van der Waals surface area contributed by atoms with Gasteiger partial charge in [-0.3, -0.25) is 4.79 Å². The molecule has 1 aromatic heterocycles. The Hall–Kier alpha value is -1.45. The van der Waals surface area contributed by atoms with E-state index in [1.165, 1.54) is 12.8 Å². The minimum absolute atomic E-state index is 0.0331. The molecule has 0 aliphatic rings. The number of hydrogen-bond donors (Lipinski definition) is 1. The highest BCUT2D eigenvalue weighted by Gasteiger charge is 2.27. The second-order valence-electron chi connectivity index (χ2n) is 7.34. The van der Waals surface area contributed by atoms with Crippen LogP contribution in [-0.2, 0) is 10.2 Å². The summed E-state index contributed by atoms with van der Waals surface area (Å²) in [6.07, 6.45) is 7.69. The van der Waals surface area contributed by atoms with Gasteiger partial charge in [0.25, 0.3) is 0 Å². The van der Waals surface area contributed by atoms with E-state index in [1.54, 1.807) is 12.4 Å². The van der Waals surface area contributed by atoms with Crippen molar-refractivity contribution in [1.29, 1.82) is 0 Å². The Morgan fingerprint density at radius 2 is 1.67 bits per heavy atom. The van der Waals surface area contributed by atoms with Gasteiger partial charge in [-0.2, -0.15) is 0 Å². The Labute approximate surface area is 128 Å². The fraction of sp³-hybridized carbons (Fsp3) is 0.706. The number of rotatable bonds is 6. The minimum Gasteiger partial charge on any atom is -0.323 e. The molecule has 0 saturated carbocycles. The van der Waals surface area contributed by atoms with E-state index in [0.29, 0.717) is 5.69 Å². The molecule has 118 valence electrons. The molecule has 21 heavy (non-hydrogen) atoms. The SMILES string of the molecule is CCCCCC(C)(C)C(=O)Nc1cnc(C(C)(C)C)nc1. The largest absolute Gasteiger partial charge is 0.323 e. The van der Waals surface area contributed by atoms with Crippen molar-refractivity contribution < 1.29 is 4.79 Å². The third kappa shape index (κ3) is 5.44. The van der Waals surface area contributed by atoms with E-state index in [1.807, 2.05) is 13.8 Å². The average Bonchev–Trinajstić information content (AvgIpc) is 2.38. The lowest BCUT2D eigenvalue weighted by atomic mass is 9.86. The lowest BCUT2D eigenvalue weighted by Gasteiger charge is -2.23. The van der Waals surface area contributed by atoms with Crippen molar-refractivity contribution in [2.75, 3.05) is 5.32 Å². The van der Waals surface area contributed by atoms with Gasteiger partial charge in [-0.05, 0) is 6.42 Å². The molecule has 0 fully saturated rings. The second-order valence-corrected chi connectivity index (χ2v) is 7.34. The van der Waals surface area contributed by atoms with Crippen molar-refractivity contribution in [3.05, 3.63) is 18.2 Å². The first-order chi connectivity index (χ1) is 9.66. The standard InChI is InChI=1S/C17H29N3O/c1-7-8-9-10-17(5,6)15(21)20-13-11-18-14(19-12-13)16(2,3)4/h11-12H,7-10H2,1-6H3,(H,20,21). The van der Waals surface area contributed by atoms with Crippen LogP contribution < -0.4 is 5.32 Å². The zero-order valence-electron chi connectivity index (χ0n) is 14.3. The van der Waals surface area contributed by atoms with Gasteiger partial charge in [-0.1, -0.05) is 60.8 Å². The van der Waals surface area contributed by atoms with E-state index in [4.69, 9.17) is 0 Å². The van der Waals surface area contributed by atoms with Gasteiger partial charge >= 0.3 is 0 Å². The molecule has 0 radical (unpaired) electrons. The quantitative estimate of drug-likeness (QED) is 0.794. The number of nitrogens with one attached hydrogen (secondary N) is 1. The maximum absolute atomic E-state index is 12.3. The molecule has 1 heterocycles. The molecule has 1 amide bonds. The molecule has 0 atom stereocenters. The van der Waals surface area contributed by atoms with Crippen LogP contribution in [0.5, 0.6) is 0 Å². The van der Waals surface area contributed by atoms with Crippen LogP contribution in [0, 0.1) is 5.41 Å². The van der Waals surface area contributed by atoms with Crippen molar-refractivity contribution >= 4 is 11.6 Å². The lowest BCUT2D eigenvalue weighted by molar-refractivity contribution is -0.124. The highest BCUT2D eigenvalue weighted by Crippen LogP contribution is 2.26. The molecule has 1 aromatic rings. The Morgan fingerprint density at radius 1 is 1.10 bits per heavy atom. The molecule has 0 aromatic carbocycles. The summed E-state index contributed by atoms with van der Waals surface area (Å²) < 4.78 is 0. The number of nitrogens with zero attached hydrogens (tertiary/aromatic N) is 2. The van der Waals surface area contributed by atoms with Crippen molar-refractivity contribution in [1.82, 2.24) is 9.97 Å². The highest BCUT2D eigenvalue weighted by atomic mass is 16.2. The maximum Gasteiger partial charge on any atom is 0.230 e. The number of carbonyl (C=O) groups is 1. The van der Waals surface area contributed by atoms with E-state index in [2.05, 4.69) is 43.0 Å². The Bertz CT molecular complexity index is 458. The van der Waals surface area contributed by atoms with Crippen LogP contribution >= 0.6 is 0 Å². The number of amides is 1. The highest BCUT2D eigenvalue weighted by molar-refractivity contribution is 5.94. The van der Waals surface area contributed by atoms with Crippen LogP contribution in [0.15, 0.2) is 12.4 Å². The summed E-state index contributed by atoms with van der Waals surface area (Å²) in [4.78, 5) is 21.0. The summed E-state index contributed by atoms with van der Waals surface area (Å²) >= 11 is 0. The first-order valence-corrected chi connectivity index (χ1v) is 7.81. The number of anilines is 1. The molecule has 0 spiro atoms. The van der Waals surface area contributed by atoms with E-state index in [0.717, 1.165) is 18.7 Å². The van der Waals surface area contributed by atoms with Crippen LogP contribution in [0.1, 0.15) is 73.1 Å². The average molecular weight is 291 g/mol. The van der Waals surface area contributed by atoms with Gasteiger partial charge in [0.1, 0.15) is 5.82 Å². The number of aromatic nitrogens is 2. The summed E-state index contributed by atoms with van der Waals surface area (Å²) in [5.41, 5.74) is 0.219. The Morgan fingerprint density at radius 3 is 2.14 bits per heavy atom. The summed E-state index contributed by atoms with van der Waals surface area (Å²) in [6, 6.07) is 0. The van der Waals surface area contributed by atoms with Crippen LogP contribution in [0.25, 0.3) is 0 Å². The number of carbonyl (C=O) groups excluding carboxylic acids is 1. The van der Waals surface area contributed by atoms with E-state index >= 15 is 0 Å². The van der Waals surface area contributed by atoms with Gasteiger partial charge in [-0.15, -0.1) is 0 Å². The number of unbranched alkanes of at least 4 members (excludes halogenated alkanes) is 2. The fourth-order valence-electron chi connectivity index (χ4n) is 2.01. The third-order valence-electron chi connectivity index (χ3n) is 3.60. The normalized spacial score (nSPS) is 12.3. The monoisotopic (exact) mass is 291 g/mol. The molecule has 0 aliphatic carbocycles. The zero-order chi connectivity index (χ0) is 16.1. The topological polar surface area (TPSA) is 54.9 Å². The van der Waals surface area contributed by atoms with E-state index in [9.17, 15) is 4.79 Å². The Kier molecular flexibility index (Phi) is 5.87. The van der Waals surface area contributed by atoms with Crippen molar-refractivity contribution in [2.24, 2.45) is 5.41 Å². The molecule has 1 N–H and O–H groups in total. The smallest absolute Gasteiger partial charge is 0.230 e. The van der Waals surface area contributed by atoms with Gasteiger partial charge in [0.2, 0.25) is 5.91 Å². The molecule has 0 saturated heterocycles. The van der Waals surface area contributed by atoms with Gasteiger partial charge in [0.15, 0.2) is 0 Å². The molecule has 1 rings (SSSR count). The van der Waals surface area contributed by atoms with E-state index in [-0.39, 0.29) is 16.7 Å². The van der Waals surface area contributed by atoms with Crippen LogP contribution in [0.3, 0.4) is 0 Å². The zero-order valence-corrected chi connectivity index (χ0v) is 14.3. The molecule has 0 bridgehead atoms. The first-order valence-electron chi connectivity index (χ1n) is 7.81. The maximum atomic E-state index is 12.3. The van der Waals surface area contributed by atoms with Gasteiger partial charge < -0.3 is 5.32 Å². The first kappa shape index (κ1) is 17.6. The van der Waals surface area contributed by atoms with Crippen LogP contribution in [0.2, 0.25) is 0 Å². The van der Waals surface area contributed by atoms with Crippen LogP contribution in [0.4, 0.5) is 5.69 Å². The predicted molar refractivity (Wildman–Crippen MR) is 87.3 cm³/mol. The fourth-order valence-corrected chi connectivity index (χ4v) is 2.01. The molecule has 0 aliphatic heterocycles. The van der Waals surface area contributed by atoms with Crippen molar-refractivity contribution in [2.45, 2.75) is 72.6 Å². The second kappa shape index (κ2) is 7.01. The molecule has 4 nitrogen and oxygen atoms in total. The Balaban J connectivity index is 2.66. The summed E-state index contributed by atoms with van der Waals surface area (Å²) in [7, 11) is 0. The van der Waals surface area contributed by atoms with Crippen molar-refractivity contribution in [3.8, 4) is 0 Å². The van der Waals surface area contributed by atoms with Crippen molar-refractivity contribution in [3.63, 3.8) is 0 Å². The molecular weight excluding hydrogens is 262 g/mol. The van der Waals surface area contributed by atoms with Crippen LogP contribution in [-0.4, -0.2) is 15.9 Å². The molecule has 4 heteroatoms. The number of hydrogen-bond acceptors (Lipinski definition) is 3. The molecule has 0 unspecified atom stereocenters. The summed E-state index contributed by atoms with van der Waals surface area (Å²) in [5.74, 6) is 0.813. The minimum atomic E-state index is -0.363. The lowest BCUT2D eigenvalue weighted by Crippen LogP contribution is -2.31. The molecular formula is C17H29N3O. The summed E-state index contributed by atoms with van der Waals surface area (Å²) in [5, 5.41) is 2.92.